The Balaban J connectivity index is 2.17. The van der Waals surface area contributed by atoms with E-state index >= 15 is 0 Å². The molecule has 0 aliphatic heterocycles. The van der Waals surface area contributed by atoms with Gasteiger partial charge in [-0.15, -0.1) is 0 Å². The highest BCUT2D eigenvalue weighted by atomic mass is 32.2. The van der Waals surface area contributed by atoms with Crippen LogP contribution in [-0.4, -0.2) is 4.92 Å². The molecule has 0 saturated heterocycles. The first-order valence-electron chi connectivity index (χ1n) is 5.81. The van der Waals surface area contributed by atoms with E-state index in [0.29, 0.717) is 4.90 Å². The molecular formula is C14H14N2O2S. The molecule has 0 unspecified atom stereocenters. The van der Waals surface area contributed by atoms with Crippen LogP contribution in [0.3, 0.4) is 0 Å². The summed E-state index contributed by atoms with van der Waals surface area (Å²) < 4.78 is 3.16. The Morgan fingerprint density at radius 2 is 1.89 bits per heavy atom. The number of nitrogens with one attached hydrogen (secondary N) is 1. The zero-order chi connectivity index (χ0) is 13.8. The van der Waals surface area contributed by atoms with Crippen LogP contribution in [0.25, 0.3) is 0 Å². The molecule has 98 valence electrons. The van der Waals surface area contributed by atoms with E-state index in [0.717, 1.165) is 11.3 Å². The first-order valence-corrected chi connectivity index (χ1v) is 6.63. The van der Waals surface area contributed by atoms with E-state index in [1.807, 2.05) is 26.0 Å². The number of benzene rings is 2. The van der Waals surface area contributed by atoms with E-state index in [1.165, 1.54) is 23.6 Å². The Hall–Kier alpha value is -2.01. The van der Waals surface area contributed by atoms with Gasteiger partial charge in [0.2, 0.25) is 0 Å². The number of hydrogen-bond donors (Lipinski definition) is 1. The van der Waals surface area contributed by atoms with E-state index in [2.05, 4.69) is 10.8 Å². The number of nitrogens with zero attached hydrogens (tertiary/aromatic N) is 1. The van der Waals surface area contributed by atoms with Crippen LogP contribution < -0.4 is 4.72 Å². The highest BCUT2D eigenvalue weighted by Gasteiger charge is 2.13. The van der Waals surface area contributed by atoms with Gasteiger partial charge in [0.25, 0.3) is 5.69 Å². The Bertz CT molecular complexity index is 614. The zero-order valence-corrected chi connectivity index (χ0v) is 11.5. The van der Waals surface area contributed by atoms with Crippen LogP contribution in [-0.2, 0) is 0 Å². The van der Waals surface area contributed by atoms with Crippen LogP contribution in [0, 0.1) is 24.0 Å². The third kappa shape index (κ3) is 3.26. The van der Waals surface area contributed by atoms with Gasteiger partial charge in [0.15, 0.2) is 0 Å². The Morgan fingerprint density at radius 1 is 1.16 bits per heavy atom. The number of rotatable bonds is 4. The smallest absolute Gasteiger partial charge is 0.284 e. The van der Waals surface area contributed by atoms with Crippen molar-refractivity contribution in [2.75, 3.05) is 4.72 Å². The number of nitro benzene ring substituents is 1. The largest absolute Gasteiger partial charge is 0.325 e. The van der Waals surface area contributed by atoms with Crippen LogP contribution in [0.5, 0.6) is 0 Å². The predicted octanol–water partition coefficient (Wildman–Crippen LogP) is 4.33. The van der Waals surface area contributed by atoms with Crippen LogP contribution in [0.15, 0.2) is 47.4 Å². The number of para-hydroxylation sites is 1. The van der Waals surface area contributed by atoms with E-state index in [4.69, 9.17) is 0 Å². The molecule has 2 aromatic rings. The van der Waals surface area contributed by atoms with Crippen molar-refractivity contribution in [3.63, 3.8) is 0 Å². The van der Waals surface area contributed by atoms with Crippen molar-refractivity contribution in [3.05, 3.63) is 63.7 Å². The first-order chi connectivity index (χ1) is 9.08. The molecule has 2 aromatic carbocycles. The molecule has 0 fully saturated rings. The fourth-order valence-electron chi connectivity index (χ4n) is 1.73. The Morgan fingerprint density at radius 3 is 2.58 bits per heavy atom. The van der Waals surface area contributed by atoms with Gasteiger partial charge in [-0.25, -0.2) is 0 Å². The van der Waals surface area contributed by atoms with Gasteiger partial charge in [-0.05, 0) is 43.5 Å². The lowest BCUT2D eigenvalue weighted by Crippen LogP contribution is -1.94. The van der Waals surface area contributed by atoms with Gasteiger partial charge < -0.3 is 4.72 Å². The summed E-state index contributed by atoms with van der Waals surface area (Å²) in [6.45, 7) is 4.04. The molecule has 0 amide bonds. The summed E-state index contributed by atoms with van der Waals surface area (Å²) in [7, 11) is 0. The van der Waals surface area contributed by atoms with Gasteiger partial charge in [-0.1, -0.05) is 29.8 Å². The third-order valence-corrected chi connectivity index (χ3v) is 3.60. The van der Waals surface area contributed by atoms with Gasteiger partial charge in [-0.2, -0.15) is 0 Å². The number of nitro groups is 1. The lowest BCUT2D eigenvalue weighted by Gasteiger charge is -2.09. The number of aryl methyl sites for hydroxylation is 2. The average molecular weight is 274 g/mol. The average Bonchev–Trinajstić information content (AvgIpc) is 2.38. The molecule has 2 rings (SSSR count). The molecule has 0 heterocycles. The summed E-state index contributed by atoms with van der Waals surface area (Å²) in [5.41, 5.74) is 3.39. The van der Waals surface area contributed by atoms with Crippen molar-refractivity contribution in [2.24, 2.45) is 0 Å². The van der Waals surface area contributed by atoms with Crippen molar-refractivity contribution in [1.82, 2.24) is 0 Å². The molecule has 0 aliphatic carbocycles. The van der Waals surface area contributed by atoms with Crippen LogP contribution in [0.1, 0.15) is 11.1 Å². The standard InChI is InChI=1S/C14H14N2O2S/c1-10-7-8-12(11(2)9-10)15-19-14-6-4-3-5-13(14)16(17)18/h3-9,15H,1-2H3. The predicted molar refractivity (Wildman–Crippen MR) is 78.5 cm³/mol. The SMILES string of the molecule is Cc1ccc(NSc2ccccc2[N+](=O)[O-])c(C)c1. The van der Waals surface area contributed by atoms with Crippen LogP contribution in [0.4, 0.5) is 11.4 Å². The third-order valence-electron chi connectivity index (χ3n) is 2.71. The second kappa shape index (κ2) is 5.75. The minimum absolute atomic E-state index is 0.116. The molecule has 5 heteroatoms. The Labute approximate surface area is 116 Å². The summed E-state index contributed by atoms with van der Waals surface area (Å²) in [6.07, 6.45) is 0. The second-order valence-electron chi connectivity index (χ2n) is 4.25. The van der Waals surface area contributed by atoms with Gasteiger partial charge in [0, 0.05) is 11.8 Å². The first kappa shape index (κ1) is 13.4. The van der Waals surface area contributed by atoms with E-state index in [-0.39, 0.29) is 10.6 Å². The molecule has 0 spiro atoms. The monoisotopic (exact) mass is 274 g/mol. The summed E-state index contributed by atoms with van der Waals surface area (Å²) in [5, 5.41) is 10.9. The lowest BCUT2D eigenvalue weighted by atomic mass is 10.1. The molecule has 1 N–H and O–H groups in total. The van der Waals surface area contributed by atoms with Gasteiger partial charge in [0.05, 0.1) is 4.92 Å². The summed E-state index contributed by atoms with van der Waals surface area (Å²) in [4.78, 5) is 11.1. The molecule has 0 aliphatic rings. The van der Waals surface area contributed by atoms with Crippen molar-refractivity contribution < 1.29 is 4.92 Å². The second-order valence-corrected chi connectivity index (χ2v) is 5.10. The molecule has 0 aromatic heterocycles. The van der Waals surface area contributed by atoms with Gasteiger partial charge >= 0.3 is 0 Å². The van der Waals surface area contributed by atoms with Crippen molar-refractivity contribution in [1.29, 1.82) is 0 Å². The summed E-state index contributed by atoms with van der Waals surface area (Å²) >= 11 is 1.26. The molecule has 0 radical (unpaired) electrons. The fourth-order valence-corrected chi connectivity index (χ4v) is 2.58. The summed E-state index contributed by atoms with van der Waals surface area (Å²) in [5.74, 6) is 0. The highest BCUT2D eigenvalue weighted by molar-refractivity contribution is 8.00. The van der Waals surface area contributed by atoms with Crippen molar-refractivity contribution in [3.8, 4) is 0 Å². The molecule has 0 bridgehead atoms. The summed E-state index contributed by atoms with van der Waals surface area (Å²) in [6, 6.07) is 12.8. The molecule has 19 heavy (non-hydrogen) atoms. The number of hydrogen-bond acceptors (Lipinski definition) is 4. The van der Waals surface area contributed by atoms with Crippen LogP contribution in [0.2, 0.25) is 0 Å². The molecular weight excluding hydrogens is 260 g/mol. The topological polar surface area (TPSA) is 55.2 Å². The maximum Gasteiger partial charge on any atom is 0.284 e. The quantitative estimate of drug-likeness (QED) is 0.512. The van der Waals surface area contributed by atoms with Crippen molar-refractivity contribution in [2.45, 2.75) is 18.7 Å². The number of anilines is 1. The van der Waals surface area contributed by atoms with E-state index in [1.54, 1.807) is 18.2 Å². The maximum absolute atomic E-state index is 10.9. The van der Waals surface area contributed by atoms with Gasteiger partial charge in [-0.3, -0.25) is 10.1 Å². The van der Waals surface area contributed by atoms with Gasteiger partial charge in [0.1, 0.15) is 4.90 Å². The molecule has 0 atom stereocenters. The molecule has 0 saturated carbocycles. The van der Waals surface area contributed by atoms with E-state index in [9.17, 15) is 10.1 Å². The maximum atomic E-state index is 10.9. The highest BCUT2D eigenvalue weighted by Crippen LogP contribution is 2.30. The van der Waals surface area contributed by atoms with Crippen LogP contribution >= 0.6 is 11.9 Å². The fraction of sp³-hybridized carbons (Fsp3) is 0.143. The lowest BCUT2D eigenvalue weighted by molar-refractivity contribution is -0.387. The van der Waals surface area contributed by atoms with Crippen molar-refractivity contribution >= 4 is 23.3 Å². The zero-order valence-electron chi connectivity index (χ0n) is 10.7. The minimum atomic E-state index is -0.369. The minimum Gasteiger partial charge on any atom is -0.325 e. The molecule has 4 nitrogen and oxygen atoms in total. The Kier molecular flexibility index (Phi) is 4.06. The van der Waals surface area contributed by atoms with E-state index < -0.39 is 0 Å². The normalized spacial score (nSPS) is 10.2.